The topological polar surface area (TPSA) is 40.5 Å². The molecular weight excluding hydrogens is 252 g/mol. The van der Waals surface area contributed by atoms with E-state index in [4.69, 9.17) is 5.11 Å². The smallest absolute Gasteiger partial charge is 0.248 e. The third-order valence-electron chi connectivity index (χ3n) is 3.78. The van der Waals surface area contributed by atoms with Crippen LogP contribution in [-0.4, -0.2) is 41.5 Å². The van der Waals surface area contributed by atoms with Gasteiger partial charge in [0.25, 0.3) is 0 Å². The van der Waals surface area contributed by atoms with Gasteiger partial charge in [0.1, 0.15) is 0 Å². The van der Waals surface area contributed by atoms with Crippen LogP contribution in [0.25, 0.3) is 0 Å². The zero-order valence-corrected chi connectivity index (χ0v) is 11.7. The number of aliphatic hydroxyl groups is 1. The van der Waals surface area contributed by atoms with Crippen molar-refractivity contribution in [3.63, 3.8) is 0 Å². The molecule has 0 radical (unpaired) electrons. The Labute approximate surface area is 114 Å². The van der Waals surface area contributed by atoms with E-state index < -0.39 is 5.92 Å². The summed E-state index contributed by atoms with van der Waals surface area (Å²) in [6.07, 6.45) is 3.17. The van der Waals surface area contributed by atoms with E-state index in [0.717, 1.165) is 19.3 Å². The Morgan fingerprint density at radius 2 is 1.89 bits per heavy atom. The van der Waals surface area contributed by atoms with Crippen molar-refractivity contribution in [2.75, 3.05) is 19.7 Å². The second-order valence-electron chi connectivity index (χ2n) is 5.39. The van der Waals surface area contributed by atoms with Crippen LogP contribution in [0.5, 0.6) is 0 Å². The minimum absolute atomic E-state index is 0.0550. The van der Waals surface area contributed by atoms with E-state index in [1.165, 1.54) is 0 Å². The van der Waals surface area contributed by atoms with Crippen molar-refractivity contribution >= 4 is 5.91 Å². The van der Waals surface area contributed by atoms with Gasteiger partial charge in [-0.25, -0.2) is 8.78 Å². The second-order valence-corrected chi connectivity index (χ2v) is 5.39. The number of carbonyl (C=O) groups excluding carboxylic acids is 1. The summed E-state index contributed by atoms with van der Waals surface area (Å²) in [4.78, 5) is 13.9. The molecule has 1 rings (SSSR count). The first kappa shape index (κ1) is 16.3. The lowest BCUT2D eigenvalue weighted by molar-refractivity contribution is -0.140. The molecule has 1 amide bonds. The largest absolute Gasteiger partial charge is 0.395 e. The molecular formula is C14H25F2NO2. The number of unbranched alkanes of at least 4 members (excludes halogenated alkanes) is 2. The molecule has 0 aliphatic heterocycles. The Morgan fingerprint density at radius 1 is 1.26 bits per heavy atom. The van der Waals surface area contributed by atoms with Crippen LogP contribution < -0.4 is 0 Å². The lowest BCUT2D eigenvalue weighted by atomic mass is 9.86. The molecule has 0 bridgehead atoms. The van der Waals surface area contributed by atoms with Crippen molar-refractivity contribution in [2.45, 2.75) is 57.8 Å². The SMILES string of the molecule is CCCCCN(CCO)C(=O)C1CCC(F)(F)CC1. The number of rotatable bonds is 7. The molecule has 0 heterocycles. The third kappa shape index (κ3) is 5.43. The number of hydrogen-bond donors (Lipinski definition) is 1. The Bertz CT molecular complexity index is 275. The van der Waals surface area contributed by atoms with Crippen molar-refractivity contribution < 1.29 is 18.7 Å². The zero-order chi connectivity index (χ0) is 14.3. The monoisotopic (exact) mass is 277 g/mol. The van der Waals surface area contributed by atoms with Crippen molar-refractivity contribution in [3.05, 3.63) is 0 Å². The van der Waals surface area contributed by atoms with E-state index in [2.05, 4.69) is 6.92 Å². The van der Waals surface area contributed by atoms with Crippen LogP contribution in [-0.2, 0) is 4.79 Å². The van der Waals surface area contributed by atoms with Gasteiger partial charge in [-0.05, 0) is 19.3 Å². The Balaban J connectivity index is 2.47. The van der Waals surface area contributed by atoms with Gasteiger partial charge in [-0.1, -0.05) is 19.8 Å². The van der Waals surface area contributed by atoms with Crippen LogP contribution in [0, 0.1) is 5.92 Å². The van der Waals surface area contributed by atoms with Crippen LogP contribution in [0.15, 0.2) is 0 Å². The maximum absolute atomic E-state index is 13.1. The van der Waals surface area contributed by atoms with E-state index in [9.17, 15) is 13.6 Å². The summed E-state index contributed by atoms with van der Waals surface area (Å²) in [6.45, 7) is 2.96. The molecule has 1 fully saturated rings. The van der Waals surface area contributed by atoms with Crippen LogP contribution >= 0.6 is 0 Å². The molecule has 0 unspecified atom stereocenters. The number of aliphatic hydroxyl groups excluding tert-OH is 1. The molecule has 112 valence electrons. The molecule has 0 saturated heterocycles. The summed E-state index contributed by atoms with van der Waals surface area (Å²) in [5.74, 6) is -2.94. The summed E-state index contributed by atoms with van der Waals surface area (Å²) in [5, 5.41) is 9.01. The summed E-state index contributed by atoms with van der Waals surface area (Å²) in [7, 11) is 0. The van der Waals surface area contributed by atoms with E-state index >= 15 is 0 Å². The number of nitrogens with zero attached hydrogens (tertiary/aromatic N) is 1. The van der Waals surface area contributed by atoms with Gasteiger partial charge in [0.05, 0.1) is 6.61 Å². The molecule has 0 spiro atoms. The number of hydrogen-bond acceptors (Lipinski definition) is 2. The summed E-state index contributed by atoms with van der Waals surface area (Å²) < 4.78 is 26.1. The van der Waals surface area contributed by atoms with E-state index in [1.54, 1.807) is 4.90 Å². The normalized spacial score (nSPS) is 19.4. The molecule has 19 heavy (non-hydrogen) atoms. The number of alkyl halides is 2. The van der Waals surface area contributed by atoms with Crippen LogP contribution in [0.2, 0.25) is 0 Å². The van der Waals surface area contributed by atoms with Gasteiger partial charge in [0, 0.05) is 31.8 Å². The molecule has 0 aromatic rings. The van der Waals surface area contributed by atoms with Gasteiger partial charge < -0.3 is 10.0 Å². The molecule has 1 N–H and O–H groups in total. The molecule has 0 aromatic heterocycles. The Kier molecular flexibility index (Phi) is 6.69. The average molecular weight is 277 g/mol. The van der Waals surface area contributed by atoms with Crippen molar-refractivity contribution in [2.24, 2.45) is 5.92 Å². The summed E-state index contributed by atoms with van der Waals surface area (Å²) in [6, 6.07) is 0. The molecule has 5 heteroatoms. The highest BCUT2D eigenvalue weighted by atomic mass is 19.3. The predicted molar refractivity (Wildman–Crippen MR) is 70.1 cm³/mol. The number of amides is 1. The van der Waals surface area contributed by atoms with Crippen molar-refractivity contribution in [1.82, 2.24) is 4.90 Å². The fraction of sp³-hybridized carbons (Fsp3) is 0.929. The first-order valence-electron chi connectivity index (χ1n) is 7.27. The quantitative estimate of drug-likeness (QED) is 0.727. The Morgan fingerprint density at radius 3 is 2.42 bits per heavy atom. The standard InChI is InChI=1S/C14H25F2NO2/c1-2-3-4-9-17(10-11-18)13(19)12-5-7-14(15,16)8-6-12/h12,18H,2-11H2,1H3. The number of halogens is 2. The molecule has 1 saturated carbocycles. The van der Waals surface area contributed by atoms with Crippen LogP contribution in [0.1, 0.15) is 51.9 Å². The fourth-order valence-corrected chi connectivity index (χ4v) is 2.55. The maximum atomic E-state index is 13.1. The number of carbonyl (C=O) groups is 1. The maximum Gasteiger partial charge on any atom is 0.248 e. The Hall–Kier alpha value is -0.710. The summed E-state index contributed by atoms with van der Waals surface area (Å²) >= 11 is 0. The van der Waals surface area contributed by atoms with Crippen LogP contribution in [0.4, 0.5) is 8.78 Å². The van der Waals surface area contributed by atoms with Gasteiger partial charge in [-0.15, -0.1) is 0 Å². The first-order valence-corrected chi connectivity index (χ1v) is 7.27. The highest BCUT2D eigenvalue weighted by Gasteiger charge is 2.38. The van der Waals surface area contributed by atoms with Gasteiger partial charge in [0.15, 0.2) is 0 Å². The predicted octanol–water partition coefficient (Wildman–Crippen LogP) is 2.82. The molecule has 1 aliphatic carbocycles. The minimum Gasteiger partial charge on any atom is -0.395 e. The highest BCUT2D eigenvalue weighted by molar-refractivity contribution is 5.79. The van der Waals surface area contributed by atoms with Gasteiger partial charge in [-0.3, -0.25) is 4.79 Å². The first-order chi connectivity index (χ1) is 9.00. The highest BCUT2D eigenvalue weighted by Crippen LogP contribution is 2.36. The lowest BCUT2D eigenvalue weighted by Crippen LogP contribution is -2.41. The average Bonchev–Trinajstić information content (AvgIpc) is 2.37. The molecule has 0 aromatic carbocycles. The van der Waals surface area contributed by atoms with E-state index in [1.807, 2.05) is 0 Å². The molecule has 0 atom stereocenters. The van der Waals surface area contributed by atoms with Gasteiger partial charge >= 0.3 is 0 Å². The van der Waals surface area contributed by atoms with Crippen molar-refractivity contribution in [3.8, 4) is 0 Å². The van der Waals surface area contributed by atoms with Crippen LogP contribution in [0.3, 0.4) is 0 Å². The van der Waals surface area contributed by atoms with Gasteiger partial charge in [0.2, 0.25) is 11.8 Å². The molecule has 1 aliphatic rings. The zero-order valence-electron chi connectivity index (χ0n) is 11.7. The lowest BCUT2D eigenvalue weighted by Gasteiger charge is -2.31. The minimum atomic E-state index is -2.60. The van der Waals surface area contributed by atoms with Crippen molar-refractivity contribution in [1.29, 1.82) is 0 Å². The third-order valence-corrected chi connectivity index (χ3v) is 3.78. The second kappa shape index (κ2) is 7.78. The molecule has 3 nitrogen and oxygen atoms in total. The van der Waals surface area contributed by atoms with E-state index in [-0.39, 0.29) is 44.1 Å². The fourth-order valence-electron chi connectivity index (χ4n) is 2.55. The summed E-state index contributed by atoms with van der Waals surface area (Å²) in [5.41, 5.74) is 0. The van der Waals surface area contributed by atoms with E-state index in [0.29, 0.717) is 13.1 Å². The van der Waals surface area contributed by atoms with Gasteiger partial charge in [-0.2, -0.15) is 0 Å².